The Morgan fingerprint density at radius 2 is 1.38 bits per heavy atom. The van der Waals surface area contributed by atoms with Gasteiger partial charge in [-0.3, -0.25) is 4.79 Å². The number of hydrogen-bond donors (Lipinski definition) is 0. The van der Waals surface area contributed by atoms with Crippen LogP contribution in [-0.4, -0.2) is 5.97 Å². The van der Waals surface area contributed by atoms with E-state index >= 15 is 0 Å². The standard InChI is InChI=1S/C31H49NO2/c1-3-5-7-9-11-13-15-23-31(26-32)24-21-28(22-25-31)30(33)34-29-19-17-27(18-20-29)16-14-12-10-8-6-4-2/h17-20,28H,3-16,21-25H2,1-2H3/t28-,31-. The van der Waals surface area contributed by atoms with Crippen LogP contribution in [0.2, 0.25) is 0 Å². The van der Waals surface area contributed by atoms with Crippen LogP contribution < -0.4 is 4.74 Å². The fraction of sp³-hybridized carbons (Fsp3) is 0.742. The van der Waals surface area contributed by atoms with E-state index in [-0.39, 0.29) is 17.3 Å². The van der Waals surface area contributed by atoms with Gasteiger partial charge in [0.1, 0.15) is 5.75 Å². The molecule has 3 nitrogen and oxygen atoms in total. The third-order valence-corrected chi connectivity index (χ3v) is 7.73. The van der Waals surface area contributed by atoms with Gasteiger partial charge in [-0.25, -0.2) is 0 Å². The van der Waals surface area contributed by atoms with Gasteiger partial charge >= 0.3 is 5.97 Å². The van der Waals surface area contributed by atoms with Crippen LogP contribution in [0.4, 0.5) is 0 Å². The van der Waals surface area contributed by atoms with Gasteiger partial charge < -0.3 is 4.74 Å². The summed E-state index contributed by atoms with van der Waals surface area (Å²) in [5.41, 5.74) is 1.09. The van der Waals surface area contributed by atoms with Crippen LogP contribution >= 0.6 is 0 Å². The highest BCUT2D eigenvalue weighted by atomic mass is 16.5. The summed E-state index contributed by atoms with van der Waals surface area (Å²) in [6, 6.07) is 10.7. The molecule has 1 aromatic rings. The van der Waals surface area contributed by atoms with Crippen molar-refractivity contribution in [2.75, 3.05) is 0 Å². The van der Waals surface area contributed by atoms with Gasteiger partial charge in [0.25, 0.3) is 0 Å². The number of esters is 1. The van der Waals surface area contributed by atoms with Crippen molar-refractivity contribution in [3.8, 4) is 11.8 Å². The number of carbonyl (C=O) groups is 1. The molecule has 0 aliphatic heterocycles. The number of unbranched alkanes of at least 4 members (excludes halogenated alkanes) is 11. The molecule has 1 aromatic carbocycles. The van der Waals surface area contributed by atoms with Crippen molar-refractivity contribution < 1.29 is 9.53 Å². The van der Waals surface area contributed by atoms with Gasteiger partial charge in [0, 0.05) is 0 Å². The second kappa shape index (κ2) is 16.7. The van der Waals surface area contributed by atoms with Crippen molar-refractivity contribution in [3.63, 3.8) is 0 Å². The molecular weight excluding hydrogens is 418 g/mol. The maximum Gasteiger partial charge on any atom is 0.314 e. The van der Waals surface area contributed by atoms with E-state index in [9.17, 15) is 10.1 Å². The Morgan fingerprint density at radius 1 is 0.853 bits per heavy atom. The maximum absolute atomic E-state index is 12.7. The number of benzene rings is 1. The van der Waals surface area contributed by atoms with E-state index in [2.05, 4.69) is 32.0 Å². The minimum absolute atomic E-state index is 0.0710. The average molecular weight is 468 g/mol. The predicted molar refractivity (Wildman–Crippen MR) is 142 cm³/mol. The molecule has 0 atom stereocenters. The van der Waals surface area contributed by atoms with Crippen LogP contribution in [0.5, 0.6) is 5.75 Å². The van der Waals surface area contributed by atoms with Gasteiger partial charge in [0.15, 0.2) is 0 Å². The Kier molecular flexibility index (Phi) is 14.0. The summed E-state index contributed by atoms with van der Waals surface area (Å²) in [5, 5.41) is 9.85. The molecule has 0 amide bonds. The third-order valence-electron chi connectivity index (χ3n) is 7.73. The molecular formula is C31H49NO2. The van der Waals surface area contributed by atoms with E-state index in [4.69, 9.17) is 4.74 Å². The Bertz CT molecular complexity index is 710. The minimum Gasteiger partial charge on any atom is -0.426 e. The quantitative estimate of drug-likeness (QED) is 0.130. The molecule has 0 spiro atoms. The lowest BCUT2D eigenvalue weighted by atomic mass is 9.69. The fourth-order valence-corrected chi connectivity index (χ4v) is 5.28. The summed E-state index contributed by atoms with van der Waals surface area (Å²) < 4.78 is 5.70. The number of nitrogens with zero attached hydrogens (tertiary/aromatic N) is 1. The summed E-state index contributed by atoms with van der Waals surface area (Å²) in [6.45, 7) is 4.50. The number of carbonyl (C=O) groups excluding carboxylic acids is 1. The van der Waals surface area contributed by atoms with Gasteiger partial charge in [0.05, 0.1) is 17.4 Å². The fourth-order valence-electron chi connectivity index (χ4n) is 5.28. The maximum atomic E-state index is 12.7. The number of hydrogen-bond acceptors (Lipinski definition) is 3. The van der Waals surface area contributed by atoms with E-state index < -0.39 is 0 Å². The van der Waals surface area contributed by atoms with E-state index in [1.54, 1.807) is 0 Å². The Balaban J connectivity index is 1.67. The predicted octanol–water partition coefficient (Wildman–Crippen LogP) is 9.34. The molecule has 34 heavy (non-hydrogen) atoms. The van der Waals surface area contributed by atoms with E-state index in [1.165, 1.54) is 82.6 Å². The molecule has 1 fully saturated rings. The lowest BCUT2D eigenvalue weighted by molar-refractivity contribution is -0.140. The molecule has 0 bridgehead atoms. The highest BCUT2D eigenvalue weighted by molar-refractivity contribution is 5.75. The van der Waals surface area contributed by atoms with E-state index in [0.29, 0.717) is 5.75 Å². The van der Waals surface area contributed by atoms with Crippen molar-refractivity contribution in [1.82, 2.24) is 0 Å². The van der Waals surface area contributed by atoms with Crippen molar-refractivity contribution >= 4 is 5.97 Å². The van der Waals surface area contributed by atoms with Crippen LogP contribution in [0, 0.1) is 22.7 Å². The second-order valence-corrected chi connectivity index (χ2v) is 10.6. The third kappa shape index (κ3) is 10.6. The molecule has 3 heteroatoms. The SMILES string of the molecule is CCCCCCCCC[C@]1(C#N)CC[C@H](C(=O)Oc2ccc(CCCCCCCC)cc2)CC1. The number of ether oxygens (including phenoxy) is 1. The Hall–Kier alpha value is -1.82. The number of rotatable bonds is 17. The van der Waals surface area contributed by atoms with E-state index in [0.717, 1.165) is 44.9 Å². The van der Waals surface area contributed by atoms with Crippen molar-refractivity contribution in [2.45, 2.75) is 136 Å². The molecule has 0 aromatic heterocycles. The molecule has 2 rings (SSSR count). The van der Waals surface area contributed by atoms with Gasteiger partial charge in [-0.2, -0.15) is 5.26 Å². The Morgan fingerprint density at radius 3 is 1.94 bits per heavy atom. The molecule has 0 saturated heterocycles. The van der Waals surface area contributed by atoms with Crippen LogP contribution in [0.3, 0.4) is 0 Å². The van der Waals surface area contributed by atoms with Gasteiger partial charge in [-0.1, -0.05) is 103 Å². The van der Waals surface area contributed by atoms with Crippen LogP contribution in [-0.2, 0) is 11.2 Å². The summed E-state index contributed by atoms with van der Waals surface area (Å²) in [5.74, 6) is 0.460. The lowest BCUT2D eigenvalue weighted by Crippen LogP contribution is -2.31. The molecule has 190 valence electrons. The van der Waals surface area contributed by atoms with Gasteiger partial charge in [-0.05, 0) is 62.6 Å². The summed E-state index contributed by atoms with van der Waals surface area (Å²) in [7, 11) is 0. The molecule has 0 heterocycles. The van der Waals surface area contributed by atoms with E-state index in [1.807, 2.05) is 12.1 Å². The zero-order valence-electron chi connectivity index (χ0n) is 22.1. The number of nitriles is 1. The first-order valence-corrected chi connectivity index (χ1v) is 14.3. The minimum atomic E-state index is -0.224. The number of aryl methyl sites for hydroxylation is 1. The average Bonchev–Trinajstić information content (AvgIpc) is 2.87. The molecule has 1 aliphatic carbocycles. The highest BCUT2D eigenvalue weighted by Crippen LogP contribution is 2.42. The van der Waals surface area contributed by atoms with Gasteiger partial charge in [-0.15, -0.1) is 0 Å². The summed E-state index contributed by atoms with van der Waals surface area (Å²) in [6.07, 6.45) is 22.1. The van der Waals surface area contributed by atoms with Gasteiger partial charge in [0.2, 0.25) is 0 Å². The molecule has 0 radical (unpaired) electrons. The molecule has 1 saturated carbocycles. The van der Waals surface area contributed by atoms with Crippen molar-refractivity contribution in [1.29, 1.82) is 5.26 Å². The zero-order valence-corrected chi connectivity index (χ0v) is 22.1. The lowest BCUT2D eigenvalue weighted by Gasteiger charge is -2.34. The topological polar surface area (TPSA) is 50.1 Å². The first kappa shape index (κ1) is 28.4. The largest absolute Gasteiger partial charge is 0.426 e. The van der Waals surface area contributed by atoms with Crippen LogP contribution in [0.25, 0.3) is 0 Å². The zero-order chi connectivity index (χ0) is 24.5. The smallest absolute Gasteiger partial charge is 0.314 e. The summed E-state index contributed by atoms with van der Waals surface area (Å²) >= 11 is 0. The molecule has 0 N–H and O–H groups in total. The molecule has 1 aliphatic rings. The van der Waals surface area contributed by atoms with Crippen LogP contribution in [0.1, 0.15) is 135 Å². The first-order chi connectivity index (χ1) is 16.6. The normalized spacial score (nSPS) is 20.1. The van der Waals surface area contributed by atoms with Crippen LogP contribution in [0.15, 0.2) is 24.3 Å². The first-order valence-electron chi connectivity index (χ1n) is 14.3. The van der Waals surface area contributed by atoms with Crippen molar-refractivity contribution in [2.24, 2.45) is 11.3 Å². The second-order valence-electron chi connectivity index (χ2n) is 10.6. The monoisotopic (exact) mass is 467 g/mol. The summed E-state index contributed by atoms with van der Waals surface area (Å²) in [4.78, 5) is 12.7. The Labute approximate surface area is 209 Å². The molecule has 0 unspecified atom stereocenters. The van der Waals surface area contributed by atoms with Crippen molar-refractivity contribution in [3.05, 3.63) is 29.8 Å². The highest BCUT2D eigenvalue weighted by Gasteiger charge is 2.37.